The van der Waals surface area contributed by atoms with Crippen LogP contribution in [0.1, 0.15) is 18.2 Å². The average molecular weight is 443 g/mol. The van der Waals surface area contributed by atoms with Gasteiger partial charge in [-0.05, 0) is 37.1 Å². The molecule has 0 bridgehead atoms. The molecule has 0 spiro atoms. The van der Waals surface area contributed by atoms with Crippen molar-refractivity contribution >= 4 is 29.9 Å². The summed E-state index contributed by atoms with van der Waals surface area (Å²) in [4.78, 5) is 4.59. The number of nitrogens with one attached hydrogen (secondary N) is 2. The molecule has 2 rings (SSSR count). The minimum Gasteiger partial charge on any atom is -0.497 e. The summed E-state index contributed by atoms with van der Waals surface area (Å²) >= 11 is 0. The van der Waals surface area contributed by atoms with Crippen LogP contribution in [0.5, 0.6) is 5.75 Å². The van der Waals surface area contributed by atoms with Crippen LogP contribution in [0.3, 0.4) is 0 Å². The van der Waals surface area contributed by atoms with Crippen LogP contribution in [-0.2, 0) is 20.0 Å². The molecule has 6 nitrogen and oxygen atoms in total. The molecule has 0 aliphatic heterocycles. The maximum Gasteiger partial charge on any atom is 0.191 e. The molecule has 1 heterocycles. The van der Waals surface area contributed by atoms with Crippen molar-refractivity contribution in [2.24, 2.45) is 12.0 Å². The highest BCUT2D eigenvalue weighted by molar-refractivity contribution is 14.0. The Labute approximate surface area is 160 Å². The largest absolute Gasteiger partial charge is 0.497 e. The van der Waals surface area contributed by atoms with E-state index in [0.29, 0.717) is 6.54 Å². The van der Waals surface area contributed by atoms with Gasteiger partial charge in [0.05, 0.1) is 19.3 Å². The van der Waals surface area contributed by atoms with E-state index in [9.17, 15) is 0 Å². The van der Waals surface area contributed by atoms with Crippen LogP contribution in [-0.4, -0.2) is 35.9 Å². The summed E-state index contributed by atoms with van der Waals surface area (Å²) in [7, 11) is 3.61. The van der Waals surface area contributed by atoms with E-state index in [1.165, 1.54) is 5.56 Å². The van der Waals surface area contributed by atoms with Crippen LogP contribution in [0.2, 0.25) is 0 Å². The summed E-state index contributed by atoms with van der Waals surface area (Å²) in [5.41, 5.74) is 2.31. The third-order valence-corrected chi connectivity index (χ3v) is 3.51. The van der Waals surface area contributed by atoms with Gasteiger partial charge in [-0.25, -0.2) is 4.99 Å². The summed E-state index contributed by atoms with van der Waals surface area (Å²) in [5, 5.41) is 10.8. The summed E-state index contributed by atoms with van der Waals surface area (Å²) in [5.74, 6) is 1.70. The monoisotopic (exact) mass is 443 g/mol. The van der Waals surface area contributed by atoms with Crippen molar-refractivity contribution < 1.29 is 4.74 Å². The molecule has 0 unspecified atom stereocenters. The molecule has 0 fully saturated rings. The van der Waals surface area contributed by atoms with Gasteiger partial charge in [0.15, 0.2) is 5.96 Å². The Morgan fingerprint density at radius 2 is 2.12 bits per heavy atom. The topological polar surface area (TPSA) is 63.5 Å². The number of hydrogen-bond donors (Lipinski definition) is 2. The van der Waals surface area contributed by atoms with Crippen molar-refractivity contribution in [2.75, 3.05) is 20.2 Å². The van der Waals surface area contributed by atoms with E-state index < -0.39 is 0 Å². The highest BCUT2D eigenvalue weighted by Gasteiger charge is 2.01. The Balaban J connectivity index is 0.00000288. The second-order valence-corrected chi connectivity index (χ2v) is 5.17. The van der Waals surface area contributed by atoms with E-state index in [1.807, 2.05) is 29.9 Å². The van der Waals surface area contributed by atoms with Crippen LogP contribution in [0.15, 0.2) is 41.5 Å². The number of rotatable bonds is 7. The zero-order chi connectivity index (χ0) is 16.5. The number of ether oxygens (including phenoxy) is 1. The number of guanidine groups is 1. The van der Waals surface area contributed by atoms with Gasteiger partial charge in [-0.2, -0.15) is 5.10 Å². The molecule has 24 heavy (non-hydrogen) atoms. The van der Waals surface area contributed by atoms with Gasteiger partial charge in [0, 0.05) is 26.3 Å². The first-order valence-electron chi connectivity index (χ1n) is 7.85. The predicted octanol–water partition coefficient (Wildman–Crippen LogP) is 2.34. The Morgan fingerprint density at radius 1 is 1.29 bits per heavy atom. The first kappa shape index (κ1) is 20.3. The normalized spacial score (nSPS) is 10.9. The van der Waals surface area contributed by atoms with Gasteiger partial charge in [-0.1, -0.05) is 12.1 Å². The maximum absolute atomic E-state index is 5.25. The number of aliphatic imine (C=N–C) groups is 1. The molecule has 0 radical (unpaired) electrons. The van der Waals surface area contributed by atoms with Crippen LogP contribution in [0, 0.1) is 0 Å². The Bertz CT molecular complexity index is 641. The van der Waals surface area contributed by atoms with Gasteiger partial charge in [-0.15, -0.1) is 24.0 Å². The first-order chi connectivity index (χ1) is 11.2. The van der Waals surface area contributed by atoms with Crippen LogP contribution in [0.4, 0.5) is 0 Å². The van der Waals surface area contributed by atoms with Crippen LogP contribution >= 0.6 is 24.0 Å². The highest BCUT2D eigenvalue weighted by atomic mass is 127. The number of nitrogens with zero attached hydrogens (tertiary/aromatic N) is 3. The predicted molar refractivity (Wildman–Crippen MR) is 108 cm³/mol. The molecule has 0 saturated carbocycles. The van der Waals surface area contributed by atoms with Crippen LogP contribution < -0.4 is 15.4 Å². The third kappa shape index (κ3) is 6.38. The Kier molecular flexibility index (Phi) is 9.21. The molecule has 1 aromatic carbocycles. The zero-order valence-electron chi connectivity index (χ0n) is 14.5. The summed E-state index contributed by atoms with van der Waals surface area (Å²) in [6.45, 7) is 4.30. The van der Waals surface area contributed by atoms with Gasteiger partial charge >= 0.3 is 0 Å². The Morgan fingerprint density at radius 3 is 2.79 bits per heavy atom. The van der Waals surface area contributed by atoms with Gasteiger partial charge in [0.25, 0.3) is 0 Å². The lowest BCUT2D eigenvalue weighted by Gasteiger charge is -2.11. The first-order valence-corrected chi connectivity index (χ1v) is 7.85. The second-order valence-electron chi connectivity index (χ2n) is 5.17. The van der Waals surface area contributed by atoms with E-state index in [-0.39, 0.29) is 24.0 Å². The quantitative estimate of drug-likeness (QED) is 0.392. The van der Waals surface area contributed by atoms with E-state index in [2.05, 4.69) is 39.8 Å². The minimum absolute atomic E-state index is 0. The standard InChI is InChI=1S/C17H25N5O.HI/c1-4-18-17(20-13-15-9-11-21-22(15)2)19-10-8-14-6-5-7-16(12-14)23-3;/h5-7,9,11-12H,4,8,10,13H2,1-3H3,(H2,18,19,20);1H. The number of hydrogen-bond acceptors (Lipinski definition) is 3. The number of methoxy groups -OCH3 is 1. The van der Waals surface area contributed by atoms with Crippen LogP contribution in [0.25, 0.3) is 0 Å². The van der Waals surface area contributed by atoms with Gasteiger partial charge < -0.3 is 15.4 Å². The zero-order valence-corrected chi connectivity index (χ0v) is 16.8. The molecule has 0 aliphatic carbocycles. The van der Waals surface area contributed by atoms with E-state index in [1.54, 1.807) is 13.3 Å². The Hall–Kier alpha value is -1.77. The van der Waals surface area contributed by atoms with Gasteiger partial charge in [0.2, 0.25) is 0 Å². The molecule has 0 saturated heterocycles. The van der Waals surface area contributed by atoms with E-state index in [0.717, 1.165) is 36.9 Å². The molecule has 0 aliphatic rings. The molecule has 0 amide bonds. The molecule has 2 aromatic rings. The molecule has 0 atom stereocenters. The van der Waals surface area contributed by atoms with E-state index in [4.69, 9.17) is 4.74 Å². The smallest absolute Gasteiger partial charge is 0.191 e. The van der Waals surface area contributed by atoms with Crippen molar-refractivity contribution in [1.29, 1.82) is 0 Å². The summed E-state index contributed by atoms with van der Waals surface area (Å²) in [6.07, 6.45) is 2.70. The molecular weight excluding hydrogens is 417 g/mol. The molecule has 7 heteroatoms. The molecule has 1 aromatic heterocycles. The third-order valence-electron chi connectivity index (χ3n) is 3.51. The summed E-state index contributed by atoms with van der Waals surface area (Å²) < 4.78 is 7.08. The van der Waals surface area contributed by atoms with Gasteiger partial charge in [0.1, 0.15) is 5.75 Å². The second kappa shape index (κ2) is 10.9. The fourth-order valence-corrected chi connectivity index (χ4v) is 2.21. The lowest BCUT2D eigenvalue weighted by atomic mass is 10.1. The average Bonchev–Trinajstić information content (AvgIpc) is 2.98. The van der Waals surface area contributed by atoms with Crippen molar-refractivity contribution in [2.45, 2.75) is 19.9 Å². The number of halogens is 1. The fraction of sp³-hybridized carbons (Fsp3) is 0.412. The van der Waals surface area contributed by atoms with Gasteiger partial charge in [-0.3, -0.25) is 4.68 Å². The lowest BCUT2D eigenvalue weighted by molar-refractivity contribution is 0.414. The fourth-order valence-electron chi connectivity index (χ4n) is 2.21. The number of aryl methyl sites for hydroxylation is 1. The van der Waals surface area contributed by atoms with Crippen molar-refractivity contribution in [1.82, 2.24) is 20.4 Å². The molecule has 2 N–H and O–H groups in total. The van der Waals surface area contributed by atoms with E-state index >= 15 is 0 Å². The molecule has 132 valence electrons. The maximum atomic E-state index is 5.25. The minimum atomic E-state index is 0. The summed E-state index contributed by atoms with van der Waals surface area (Å²) in [6, 6.07) is 10.1. The number of benzene rings is 1. The van der Waals surface area contributed by atoms with Crippen molar-refractivity contribution in [3.8, 4) is 5.75 Å². The van der Waals surface area contributed by atoms with Crippen molar-refractivity contribution in [3.05, 3.63) is 47.8 Å². The molecular formula is C17H26IN5O. The number of aromatic nitrogens is 2. The lowest BCUT2D eigenvalue weighted by Crippen LogP contribution is -2.38. The SMILES string of the molecule is CCNC(=NCc1ccnn1C)NCCc1cccc(OC)c1.I. The highest BCUT2D eigenvalue weighted by Crippen LogP contribution is 2.12. The van der Waals surface area contributed by atoms with Crippen molar-refractivity contribution in [3.63, 3.8) is 0 Å².